The number of ether oxygens (including phenoxy) is 1. The molecule has 3 aromatic rings. The van der Waals surface area contributed by atoms with Gasteiger partial charge in [0.15, 0.2) is 5.13 Å². The summed E-state index contributed by atoms with van der Waals surface area (Å²) in [7, 11) is -1.14. The van der Waals surface area contributed by atoms with Gasteiger partial charge in [0, 0.05) is 28.9 Å². The highest BCUT2D eigenvalue weighted by molar-refractivity contribution is 7.87. The summed E-state index contributed by atoms with van der Waals surface area (Å²) in [6.45, 7) is -1.05. The fourth-order valence-corrected chi connectivity index (χ4v) is 5.06. The Bertz CT molecular complexity index is 1140. The molecule has 1 aliphatic carbocycles. The number of thiazole rings is 1. The standard InChI is InChI=1S/C21H21F2N5O3S2/c1-2-16(17-11-32-21(26-17)28-33(30)15-4-5-15)19(29)27-18-6-3-12(9-25-18)13-7-14(10-24-8-13)31-20(22)23/h3,6-11,15-16,20H,2,4-5H2,1H3,(H,26,28)(H,25,27,29). The average molecular weight is 494 g/mol. The highest BCUT2D eigenvalue weighted by Crippen LogP contribution is 2.30. The van der Waals surface area contributed by atoms with Crippen molar-refractivity contribution in [2.45, 2.75) is 44.0 Å². The highest BCUT2D eigenvalue weighted by atomic mass is 32.2. The van der Waals surface area contributed by atoms with Crippen LogP contribution in [0.3, 0.4) is 0 Å². The number of pyridine rings is 2. The van der Waals surface area contributed by atoms with Crippen molar-refractivity contribution in [3.05, 3.63) is 47.9 Å². The van der Waals surface area contributed by atoms with E-state index in [4.69, 9.17) is 0 Å². The Hall–Kier alpha value is -2.99. The SMILES string of the molecule is CCC(C(=O)Nc1ccc(-c2cncc(OC(F)F)c2)cn1)c1csc(NS(=O)C2CC2)n1. The van der Waals surface area contributed by atoms with Gasteiger partial charge in [-0.25, -0.2) is 14.2 Å². The second-order valence-electron chi connectivity index (χ2n) is 7.35. The zero-order valence-electron chi connectivity index (χ0n) is 17.5. The molecule has 2 N–H and O–H groups in total. The van der Waals surface area contributed by atoms with Crippen LogP contribution in [0.2, 0.25) is 0 Å². The van der Waals surface area contributed by atoms with Gasteiger partial charge in [-0.15, -0.1) is 11.3 Å². The second-order valence-corrected chi connectivity index (χ2v) is 9.67. The van der Waals surface area contributed by atoms with E-state index >= 15 is 0 Å². The molecule has 174 valence electrons. The molecule has 0 spiro atoms. The molecule has 33 heavy (non-hydrogen) atoms. The fraction of sp³-hybridized carbons (Fsp3) is 0.333. The third-order valence-electron chi connectivity index (χ3n) is 4.91. The number of hydrogen-bond acceptors (Lipinski definition) is 7. The van der Waals surface area contributed by atoms with Gasteiger partial charge in [-0.3, -0.25) is 14.5 Å². The molecular formula is C21H21F2N5O3S2. The lowest BCUT2D eigenvalue weighted by atomic mass is 10.0. The van der Waals surface area contributed by atoms with E-state index in [2.05, 4.69) is 29.7 Å². The molecular weight excluding hydrogens is 472 g/mol. The van der Waals surface area contributed by atoms with E-state index in [-0.39, 0.29) is 16.9 Å². The van der Waals surface area contributed by atoms with Gasteiger partial charge in [0.2, 0.25) is 5.91 Å². The van der Waals surface area contributed by atoms with Gasteiger partial charge in [0.25, 0.3) is 0 Å². The first kappa shape index (κ1) is 23.2. The highest BCUT2D eigenvalue weighted by Gasteiger charge is 2.29. The topological polar surface area (TPSA) is 106 Å². The third kappa shape index (κ3) is 6.08. The molecule has 2 unspecified atom stereocenters. The molecule has 0 bridgehead atoms. The van der Waals surface area contributed by atoms with E-state index in [1.165, 1.54) is 36.0 Å². The molecule has 1 saturated carbocycles. The van der Waals surface area contributed by atoms with Gasteiger partial charge < -0.3 is 10.1 Å². The number of hydrogen-bond donors (Lipinski definition) is 2. The molecule has 0 aliphatic heterocycles. The summed E-state index contributed by atoms with van der Waals surface area (Å²) in [5, 5.41) is 5.29. The van der Waals surface area contributed by atoms with Crippen LogP contribution in [-0.4, -0.2) is 36.9 Å². The van der Waals surface area contributed by atoms with E-state index in [0.717, 1.165) is 12.8 Å². The van der Waals surface area contributed by atoms with Crippen LogP contribution in [0.5, 0.6) is 5.75 Å². The van der Waals surface area contributed by atoms with E-state index in [1.807, 2.05) is 6.92 Å². The Morgan fingerprint density at radius 1 is 1.27 bits per heavy atom. The van der Waals surface area contributed by atoms with Gasteiger partial charge in [-0.05, 0) is 37.5 Å². The van der Waals surface area contributed by atoms with Gasteiger partial charge in [-0.1, -0.05) is 6.92 Å². The molecule has 4 rings (SSSR count). The van der Waals surface area contributed by atoms with Crippen molar-refractivity contribution in [1.82, 2.24) is 15.0 Å². The Kier molecular flexibility index (Phi) is 7.23. The number of nitrogens with one attached hydrogen (secondary N) is 2. The molecule has 0 aromatic carbocycles. The number of carbonyl (C=O) groups excluding carboxylic acids is 1. The van der Waals surface area contributed by atoms with E-state index in [0.29, 0.717) is 34.2 Å². The van der Waals surface area contributed by atoms with Crippen LogP contribution >= 0.6 is 11.3 Å². The lowest BCUT2D eigenvalue weighted by Crippen LogP contribution is -2.21. The minimum atomic E-state index is -2.94. The Balaban J connectivity index is 1.40. The summed E-state index contributed by atoms with van der Waals surface area (Å²) in [4.78, 5) is 25.4. The molecule has 1 amide bonds. The van der Waals surface area contributed by atoms with Crippen molar-refractivity contribution in [3.63, 3.8) is 0 Å². The second kappa shape index (κ2) is 10.3. The molecule has 0 radical (unpaired) electrons. The summed E-state index contributed by atoms with van der Waals surface area (Å²) in [5.74, 6) is -0.450. The van der Waals surface area contributed by atoms with Crippen LogP contribution in [0.25, 0.3) is 11.1 Å². The molecule has 8 nitrogen and oxygen atoms in total. The van der Waals surface area contributed by atoms with Gasteiger partial charge >= 0.3 is 6.61 Å². The minimum absolute atomic E-state index is 0.0521. The quantitative estimate of drug-likeness (QED) is 0.429. The van der Waals surface area contributed by atoms with Crippen molar-refractivity contribution in [2.75, 3.05) is 10.0 Å². The van der Waals surface area contributed by atoms with Crippen LogP contribution in [0.4, 0.5) is 19.7 Å². The normalized spacial score (nSPS) is 15.2. The number of nitrogens with zero attached hydrogens (tertiary/aromatic N) is 3. The first-order valence-electron chi connectivity index (χ1n) is 10.2. The number of anilines is 2. The monoisotopic (exact) mass is 493 g/mol. The fourth-order valence-electron chi connectivity index (χ4n) is 3.07. The summed E-state index contributed by atoms with van der Waals surface area (Å²) in [6, 6.07) is 4.75. The van der Waals surface area contributed by atoms with Crippen molar-refractivity contribution < 1.29 is 22.5 Å². The summed E-state index contributed by atoms with van der Waals surface area (Å²) >= 11 is 1.32. The van der Waals surface area contributed by atoms with Crippen LogP contribution in [0, 0.1) is 0 Å². The van der Waals surface area contributed by atoms with Crippen LogP contribution < -0.4 is 14.8 Å². The number of alkyl halides is 2. The van der Waals surface area contributed by atoms with E-state index in [9.17, 15) is 17.8 Å². The number of halogens is 2. The number of aromatic nitrogens is 3. The van der Waals surface area contributed by atoms with Crippen molar-refractivity contribution in [2.24, 2.45) is 0 Å². The third-order valence-corrected chi connectivity index (χ3v) is 7.28. The maximum Gasteiger partial charge on any atom is 0.387 e. The summed E-state index contributed by atoms with van der Waals surface area (Å²) in [6.07, 6.45) is 6.65. The Morgan fingerprint density at radius 2 is 2.09 bits per heavy atom. The van der Waals surface area contributed by atoms with Crippen molar-refractivity contribution in [3.8, 4) is 16.9 Å². The van der Waals surface area contributed by atoms with Gasteiger partial charge in [0.1, 0.15) is 22.6 Å². The van der Waals surface area contributed by atoms with Crippen molar-refractivity contribution >= 4 is 39.2 Å². The van der Waals surface area contributed by atoms with E-state index < -0.39 is 23.5 Å². The number of rotatable bonds is 10. The predicted octanol–water partition coefficient (Wildman–Crippen LogP) is 4.57. The largest absolute Gasteiger partial charge is 0.433 e. The molecule has 0 saturated heterocycles. The smallest absolute Gasteiger partial charge is 0.387 e. The zero-order chi connectivity index (χ0) is 23.4. The first-order chi connectivity index (χ1) is 15.9. The lowest BCUT2D eigenvalue weighted by molar-refractivity contribution is -0.117. The maximum absolute atomic E-state index is 12.8. The van der Waals surface area contributed by atoms with Crippen LogP contribution in [0.1, 0.15) is 37.8 Å². The molecule has 1 fully saturated rings. The van der Waals surface area contributed by atoms with Gasteiger partial charge in [0.05, 0.1) is 23.1 Å². The predicted molar refractivity (Wildman–Crippen MR) is 123 cm³/mol. The van der Waals surface area contributed by atoms with E-state index in [1.54, 1.807) is 17.5 Å². The van der Waals surface area contributed by atoms with Gasteiger partial charge in [-0.2, -0.15) is 8.78 Å². The Labute approximate surface area is 195 Å². The molecule has 1 aliphatic rings. The zero-order valence-corrected chi connectivity index (χ0v) is 19.2. The summed E-state index contributed by atoms with van der Waals surface area (Å²) < 4.78 is 44.1. The van der Waals surface area contributed by atoms with Crippen LogP contribution in [-0.2, 0) is 15.8 Å². The van der Waals surface area contributed by atoms with Crippen molar-refractivity contribution in [1.29, 1.82) is 0 Å². The summed E-state index contributed by atoms with van der Waals surface area (Å²) in [5.41, 5.74) is 1.79. The number of carbonyl (C=O) groups is 1. The molecule has 2 atom stereocenters. The number of amides is 1. The Morgan fingerprint density at radius 3 is 2.76 bits per heavy atom. The minimum Gasteiger partial charge on any atom is -0.433 e. The first-order valence-corrected chi connectivity index (χ1v) is 12.3. The van der Waals surface area contributed by atoms with Crippen LogP contribution in [0.15, 0.2) is 42.2 Å². The molecule has 3 heterocycles. The molecule has 3 aromatic heterocycles. The lowest BCUT2D eigenvalue weighted by Gasteiger charge is -2.13. The maximum atomic E-state index is 12.8. The molecule has 12 heteroatoms. The average Bonchev–Trinajstić information content (AvgIpc) is 3.55.